The third kappa shape index (κ3) is 2.28. The largest absolute Gasteiger partial charge is 0.356 e. The Labute approximate surface area is 112 Å². The van der Waals surface area contributed by atoms with Crippen LogP contribution in [0.25, 0.3) is 10.9 Å². The van der Waals surface area contributed by atoms with Gasteiger partial charge >= 0.3 is 0 Å². The van der Waals surface area contributed by atoms with Gasteiger partial charge in [-0.3, -0.25) is 0 Å². The molecule has 19 heavy (non-hydrogen) atoms. The molecule has 0 N–H and O–H groups in total. The number of nitrogens with zero attached hydrogens (tertiary/aromatic N) is 3. The van der Waals surface area contributed by atoms with Crippen molar-refractivity contribution < 1.29 is 8.42 Å². The molecule has 0 saturated carbocycles. The van der Waals surface area contributed by atoms with Crippen LogP contribution in [0.1, 0.15) is 12.8 Å². The number of anilines is 1. The summed E-state index contributed by atoms with van der Waals surface area (Å²) in [6.07, 6.45) is 5.05. The zero-order valence-electron chi connectivity index (χ0n) is 10.7. The second-order valence-electron chi connectivity index (χ2n) is 4.84. The second kappa shape index (κ2) is 4.45. The number of benzene rings is 1. The number of sulfone groups is 1. The Balaban J connectivity index is 2.21. The van der Waals surface area contributed by atoms with Crippen molar-refractivity contribution in [2.75, 3.05) is 24.2 Å². The van der Waals surface area contributed by atoms with Gasteiger partial charge in [0.05, 0.1) is 10.4 Å². The van der Waals surface area contributed by atoms with Gasteiger partial charge in [0, 0.05) is 24.7 Å². The van der Waals surface area contributed by atoms with E-state index < -0.39 is 9.84 Å². The molecular formula is C13H15N3O2S. The van der Waals surface area contributed by atoms with Crippen molar-refractivity contribution in [2.24, 2.45) is 0 Å². The molecule has 6 heteroatoms. The first kappa shape index (κ1) is 12.3. The highest BCUT2D eigenvalue weighted by molar-refractivity contribution is 7.90. The fraction of sp³-hybridized carbons (Fsp3) is 0.385. The van der Waals surface area contributed by atoms with E-state index in [0.29, 0.717) is 4.90 Å². The summed E-state index contributed by atoms with van der Waals surface area (Å²) in [5, 5.41) is 0.812. The van der Waals surface area contributed by atoms with Gasteiger partial charge in [0.25, 0.3) is 0 Å². The average molecular weight is 277 g/mol. The van der Waals surface area contributed by atoms with E-state index in [9.17, 15) is 8.42 Å². The molecule has 1 fully saturated rings. The summed E-state index contributed by atoms with van der Waals surface area (Å²) in [6.45, 7) is 1.93. The van der Waals surface area contributed by atoms with Crippen molar-refractivity contribution in [3.63, 3.8) is 0 Å². The SMILES string of the molecule is CS(=O)(=O)c1ccc2ncnc(N3CCCC3)c2c1. The van der Waals surface area contributed by atoms with E-state index in [0.717, 1.165) is 42.7 Å². The fourth-order valence-corrected chi connectivity index (χ4v) is 3.08. The first-order valence-electron chi connectivity index (χ1n) is 6.25. The lowest BCUT2D eigenvalue weighted by molar-refractivity contribution is 0.602. The van der Waals surface area contributed by atoms with E-state index in [2.05, 4.69) is 14.9 Å². The van der Waals surface area contributed by atoms with Crippen LogP contribution in [0, 0.1) is 0 Å². The minimum Gasteiger partial charge on any atom is -0.356 e. The number of aromatic nitrogens is 2. The Hall–Kier alpha value is -1.69. The summed E-state index contributed by atoms with van der Waals surface area (Å²) in [6, 6.07) is 5.02. The molecule has 2 aromatic rings. The molecule has 0 bridgehead atoms. The smallest absolute Gasteiger partial charge is 0.175 e. The zero-order valence-corrected chi connectivity index (χ0v) is 11.5. The molecule has 0 radical (unpaired) electrons. The highest BCUT2D eigenvalue weighted by Crippen LogP contribution is 2.27. The highest BCUT2D eigenvalue weighted by Gasteiger charge is 2.18. The van der Waals surface area contributed by atoms with Gasteiger partial charge < -0.3 is 4.90 Å². The number of fused-ring (bicyclic) bond motifs is 1. The van der Waals surface area contributed by atoms with Crippen LogP contribution in [-0.2, 0) is 9.84 Å². The molecule has 1 aromatic carbocycles. The van der Waals surface area contributed by atoms with Crippen LogP contribution in [0.3, 0.4) is 0 Å². The van der Waals surface area contributed by atoms with Crippen molar-refractivity contribution in [3.05, 3.63) is 24.5 Å². The Morgan fingerprint density at radius 3 is 2.58 bits per heavy atom. The zero-order chi connectivity index (χ0) is 13.5. The lowest BCUT2D eigenvalue weighted by Crippen LogP contribution is -2.19. The second-order valence-corrected chi connectivity index (χ2v) is 6.86. The Morgan fingerprint density at radius 1 is 1.16 bits per heavy atom. The van der Waals surface area contributed by atoms with Crippen LogP contribution >= 0.6 is 0 Å². The van der Waals surface area contributed by atoms with E-state index in [4.69, 9.17) is 0 Å². The summed E-state index contributed by atoms with van der Waals surface area (Å²) < 4.78 is 23.3. The third-order valence-electron chi connectivity index (χ3n) is 3.42. The monoisotopic (exact) mass is 277 g/mol. The van der Waals surface area contributed by atoms with E-state index in [1.807, 2.05) is 0 Å². The van der Waals surface area contributed by atoms with Crippen LogP contribution in [0.5, 0.6) is 0 Å². The minimum atomic E-state index is -3.21. The minimum absolute atomic E-state index is 0.315. The number of hydrogen-bond acceptors (Lipinski definition) is 5. The molecule has 1 aromatic heterocycles. The van der Waals surface area contributed by atoms with Crippen LogP contribution in [0.4, 0.5) is 5.82 Å². The molecule has 0 atom stereocenters. The van der Waals surface area contributed by atoms with Crippen LogP contribution in [0.2, 0.25) is 0 Å². The van der Waals surface area contributed by atoms with Gasteiger partial charge in [-0.05, 0) is 31.0 Å². The van der Waals surface area contributed by atoms with E-state index >= 15 is 0 Å². The Morgan fingerprint density at radius 2 is 1.89 bits per heavy atom. The van der Waals surface area contributed by atoms with Crippen LogP contribution < -0.4 is 4.90 Å². The van der Waals surface area contributed by atoms with Gasteiger partial charge in [0.2, 0.25) is 0 Å². The Kier molecular flexibility index (Phi) is 2.89. The predicted molar refractivity (Wildman–Crippen MR) is 74.1 cm³/mol. The van der Waals surface area contributed by atoms with E-state index in [1.54, 1.807) is 18.2 Å². The topological polar surface area (TPSA) is 63.2 Å². The van der Waals surface area contributed by atoms with Crippen molar-refractivity contribution >= 4 is 26.6 Å². The van der Waals surface area contributed by atoms with E-state index in [1.165, 1.54) is 12.6 Å². The normalized spacial score (nSPS) is 16.2. The standard InChI is InChI=1S/C13H15N3O2S/c1-19(17,18)10-4-5-12-11(8-10)13(15-9-14-12)16-6-2-3-7-16/h4-5,8-9H,2-3,6-7H2,1H3. The summed E-state index contributed by atoms with van der Waals surface area (Å²) in [5.74, 6) is 0.841. The lowest BCUT2D eigenvalue weighted by atomic mass is 10.2. The molecule has 0 unspecified atom stereocenters. The molecule has 0 amide bonds. The van der Waals surface area contributed by atoms with Crippen molar-refractivity contribution in [1.82, 2.24) is 9.97 Å². The maximum atomic E-state index is 11.7. The van der Waals surface area contributed by atoms with E-state index in [-0.39, 0.29) is 0 Å². The molecular weight excluding hydrogens is 262 g/mol. The third-order valence-corrected chi connectivity index (χ3v) is 4.53. The highest BCUT2D eigenvalue weighted by atomic mass is 32.2. The molecule has 100 valence electrons. The predicted octanol–water partition coefficient (Wildman–Crippen LogP) is 1.63. The Bertz CT molecular complexity index is 722. The maximum absolute atomic E-state index is 11.7. The van der Waals surface area contributed by atoms with Gasteiger partial charge in [-0.15, -0.1) is 0 Å². The summed E-state index contributed by atoms with van der Waals surface area (Å²) in [4.78, 5) is 11.0. The molecule has 1 saturated heterocycles. The first-order valence-corrected chi connectivity index (χ1v) is 8.14. The molecule has 0 spiro atoms. The summed E-state index contributed by atoms with van der Waals surface area (Å²) in [7, 11) is -3.21. The van der Waals surface area contributed by atoms with Gasteiger partial charge in [-0.1, -0.05) is 0 Å². The summed E-state index contributed by atoms with van der Waals surface area (Å²) in [5.41, 5.74) is 0.782. The quantitative estimate of drug-likeness (QED) is 0.835. The molecule has 0 aliphatic carbocycles. The molecule has 1 aliphatic rings. The fourth-order valence-electron chi connectivity index (χ4n) is 2.43. The van der Waals surface area contributed by atoms with Crippen molar-refractivity contribution in [2.45, 2.75) is 17.7 Å². The lowest BCUT2D eigenvalue weighted by Gasteiger charge is -2.18. The van der Waals surface area contributed by atoms with Crippen molar-refractivity contribution in [3.8, 4) is 0 Å². The molecule has 1 aliphatic heterocycles. The summed E-state index contributed by atoms with van der Waals surface area (Å²) >= 11 is 0. The maximum Gasteiger partial charge on any atom is 0.175 e. The van der Waals surface area contributed by atoms with Gasteiger partial charge in [-0.25, -0.2) is 18.4 Å². The molecule has 3 rings (SSSR count). The van der Waals surface area contributed by atoms with Crippen LogP contribution in [0.15, 0.2) is 29.4 Å². The van der Waals surface area contributed by atoms with Crippen molar-refractivity contribution in [1.29, 1.82) is 0 Å². The van der Waals surface area contributed by atoms with Gasteiger partial charge in [0.15, 0.2) is 9.84 Å². The van der Waals surface area contributed by atoms with Crippen LogP contribution in [-0.4, -0.2) is 37.7 Å². The molecule has 5 nitrogen and oxygen atoms in total. The molecule has 2 heterocycles. The number of hydrogen-bond donors (Lipinski definition) is 0. The van der Waals surface area contributed by atoms with Gasteiger partial charge in [-0.2, -0.15) is 0 Å². The van der Waals surface area contributed by atoms with Gasteiger partial charge in [0.1, 0.15) is 12.1 Å². The number of rotatable bonds is 2. The average Bonchev–Trinajstić information content (AvgIpc) is 2.90. The first-order chi connectivity index (χ1) is 9.05.